The Kier molecular flexibility index (Phi) is 8.21. The van der Waals surface area contributed by atoms with Crippen molar-refractivity contribution in [2.75, 3.05) is 30.3 Å². The largest absolute Gasteiger partial charge is 0.444 e. The lowest BCUT2D eigenvalue weighted by Crippen LogP contribution is -2.41. The molecule has 2 N–H and O–H groups in total. The third kappa shape index (κ3) is 7.36. The minimum Gasteiger partial charge on any atom is -0.444 e. The number of aryl methyl sites for hydroxylation is 1. The molecule has 1 aromatic heterocycles. The van der Waals surface area contributed by atoms with Crippen LogP contribution in [0.3, 0.4) is 0 Å². The highest BCUT2D eigenvalue weighted by Gasteiger charge is 2.27. The van der Waals surface area contributed by atoms with Gasteiger partial charge < -0.3 is 15.0 Å². The van der Waals surface area contributed by atoms with Crippen molar-refractivity contribution < 1.29 is 19.2 Å². The first-order valence-corrected chi connectivity index (χ1v) is 11.6. The summed E-state index contributed by atoms with van der Waals surface area (Å²) < 4.78 is 5.43. The molecule has 1 aromatic carbocycles. The maximum atomic E-state index is 12.4. The quantitative estimate of drug-likeness (QED) is 0.435. The molecule has 3 rings (SSSR count). The van der Waals surface area contributed by atoms with Crippen LogP contribution < -0.4 is 10.6 Å². The maximum absolute atomic E-state index is 12.4. The van der Waals surface area contributed by atoms with Gasteiger partial charge in [0.15, 0.2) is 0 Å². The summed E-state index contributed by atoms with van der Waals surface area (Å²) in [7, 11) is 0. The number of nitrogens with zero attached hydrogens (tertiary/aromatic N) is 4. The minimum absolute atomic E-state index is 0.00452. The monoisotopic (exact) mass is 484 g/mol. The molecule has 11 heteroatoms. The molecule has 0 unspecified atom stereocenters. The van der Waals surface area contributed by atoms with E-state index in [9.17, 15) is 19.7 Å². The summed E-state index contributed by atoms with van der Waals surface area (Å²) in [6.07, 6.45) is 2.11. The predicted octanol–water partition coefficient (Wildman–Crippen LogP) is 4.39. The number of amides is 2. The van der Waals surface area contributed by atoms with E-state index in [-0.39, 0.29) is 29.2 Å². The second kappa shape index (κ2) is 11.1. The highest BCUT2D eigenvalue weighted by atomic mass is 16.6. The number of piperidine rings is 1. The summed E-state index contributed by atoms with van der Waals surface area (Å²) in [6, 6.07) is 8.58. The van der Waals surface area contributed by atoms with E-state index in [2.05, 4.69) is 20.6 Å². The summed E-state index contributed by atoms with van der Waals surface area (Å²) in [5.41, 5.74) is -0.162. The van der Waals surface area contributed by atoms with Crippen molar-refractivity contribution in [2.45, 2.75) is 52.6 Å². The predicted molar refractivity (Wildman–Crippen MR) is 131 cm³/mol. The number of anilines is 2. The number of carbonyl (C=O) groups is 2. The summed E-state index contributed by atoms with van der Waals surface area (Å²) in [5, 5.41) is 17.3. The van der Waals surface area contributed by atoms with E-state index in [4.69, 9.17) is 4.74 Å². The van der Waals surface area contributed by atoms with Crippen LogP contribution in [0, 0.1) is 23.0 Å². The van der Waals surface area contributed by atoms with Gasteiger partial charge in [-0.3, -0.25) is 20.2 Å². The molecule has 1 fully saturated rings. The molecule has 0 aliphatic carbocycles. The lowest BCUT2D eigenvalue weighted by atomic mass is 9.94. The van der Waals surface area contributed by atoms with E-state index in [1.54, 1.807) is 35.2 Å². The molecule has 2 amide bonds. The lowest BCUT2D eigenvalue weighted by molar-refractivity contribution is -0.385. The molecule has 11 nitrogen and oxygen atoms in total. The van der Waals surface area contributed by atoms with Gasteiger partial charge in [0.25, 0.3) is 5.91 Å². The first-order chi connectivity index (χ1) is 16.5. The fourth-order valence-electron chi connectivity index (χ4n) is 3.85. The molecule has 1 aliphatic rings. The van der Waals surface area contributed by atoms with E-state index in [1.165, 1.54) is 6.92 Å². The number of benzene rings is 1. The van der Waals surface area contributed by atoms with Crippen molar-refractivity contribution in [1.82, 2.24) is 14.9 Å². The maximum Gasteiger partial charge on any atom is 0.410 e. The van der Waals surface area contributed by atoms with Crippen LogP contribution in [-0.2, 0) is 4.74 Å². The van der Waals surface area contributed by atoms with Gasteiger partial charge >= 0.3 is 11.8 Å². The van der Waals surface area contributed by atoms with Crippen molar-refractivity contribution in [3.8, 4) is 0 Å². The Labute approximate surface area is 204 Å². The molecule has 0 radical (unpaired) electrons. The Morgan fingerprint density at radius 3 is 2.43 bits per heavy atom. The highest BCUT2D eigenvalue weighted by molar-refractivity contribution is 6.03. The van der Waals surface area contributed by atoms with Crippen LogP contribution in [0.1, 0.15) is 56.1 Å². The van der Waals surface area contributed by atoms with Gasteiger partial charge in [0.05, 0.1) is 4.92 Å². The van der Waals surface area contributed by atoms with E-state index in [0.717, 1.165) is 19.3 Å². The molecule has 1 saturated heterocycles. The van der Waals surface area contributed by atoms with Gasteiger partial charge in [-0.15, -0.1) is 0 Å². The summed E-state index contributed by atoms with van der Waals surface area (Å²) in [6.45, 7) is 8.72. The van der Waals surface area contributed by atoms with Crippen LogP contribution in [0.25, 0.3) is 0 Å². The van der Waals surface area contributed by atoms with Crippen LogP contribution >= 0.6 is 0 Å². The average Bonchev–Trinajstić information content (AvgIpc) is 2.78. The fraction of sp³-hybridized carbons (Fsp3) is 0.500. The van der Waals surface area contributed by atoms with E-state index < -0.39 is 16.4 Å². The molecular formula is C24H32N6O5. The van der Waals surface area contributed by atoms with Gasteiger partial charge in [0.1, 0.15) is 11.3 Å². The first kappa shape index (κ1) is 25.9. The standard InChI is InChI=1S/C24H32N6O5/c1-16-19(30(33)34)20(27-22(26-16)28-21(31)18-8-6-5-7-9-18)25-13-10-17-11-14-29(15-12-17)23(32)35-24(2,3)4/h5-9,17H,10-15H2,1-4H3,(H2,25,26,27,28,31). The highest BCUT2D eigenvalue weighted by Crippen LogP contribution is 2.28. The van der Waals surface area contributed by atoms with E-state index >= 15 is 0 Å². The van der Waals surface area contributed by atoms with Crippen molar-refractivity contribution >= 4 is 29.5 Å². The Bertz CT molecular complexity index is 1060. The van der Waals surface area contributed by atoms with Crippen molar-refractivity contribution in [3.05, 3.63) is 51.7 Å². The Hall–Kier alpha value is -3.76. The molecule has 0 saturated carbocycles. The van der Waals surface area contributed by atoms with Crippen LogP contribution in [0.15, 0.2) is 30.3 Å². The molecular weight excluding hydrogens is 452 g/mol. The number of aromatic nitrogens is 2. The number of likely N-dealkylation sites (tertiary alicyclic amines) is 1. The normalized spacial score (nSPS) is 14.3. The summed E-state index contributed by atoms with van der Waals surface area (Å²) >= 11 is 0. The second-order valence-corrected chi connectivity index (χ2v) is 9.53. The molecule has 1 aliphatic heterocycles. The van der Waals surface area contributed by atoms with Gasteiger partial charge in [-0.1, -0.05) is 18.2 Å². The second-order valence-electron chi connectivity index (χ2n) is 9.53. The minimum atomic E-state index is -0.528. The van der Waals surface area contributed by atoms with E-state index in [1.807, 2.05) is 20.8 Å². The Morgan fingerprint density at radius 2 is 1.83 bits per heavy atom. The molecule has 188 valence electrons. The van der Waals surface area contributed by atoms with Crippen molar-refractivity contribution in [2.24, 2.45) is 5.92 Å². The number of ether oxygens (including phenoxy) is 1. The average molecular weight is 485 g/mol. The van der Waals surface area contributed by atoms with Crippen LogP contribution in [0.5, 0.6) is 0 Å². The fourth-order valence-corrected chi connectivity index (χ4v) is 3.85. The number of hydrogen-bond acceptors (Lipinski definition) is 8. The number of carbonyl (C=O) groups excluding carboxylic acids is 2. The molecule has 0 bridgehead atoms. The topological polar surface area (TPSA) is 140 Å². The van der Waals surface area contributed by atoms with Gasteiger partial charge in [-0.2, -0.15) is 4.98 Å². The third-order valence-corrected chi connectivity index (χ3v) is 5.61. The summed E-state index contributed by atoms with van der Waals surface area (Å²) in [5.74, 6) is 0.0224. The zero-order valence-corrected chi connectivity index (χ0v) is 20.5. The number of hydrogen-bond donors (Lipinski definition) is 2. The van der Waals surface area contributed by atoms with Gasteiger partial charge in [-0.05, 0) is 65.0 Å². The number of nitro groups is 1. The van der Waals surface area contributed by atoms with Crippen molar-refractivity contribution in [3.63, 3.8) is 0 Å². The SMILES string of the molecule is Cc1nc(NC(=O)c2ccccc2)nc(NCCC2CCN(C(=O)OC(C)(C)C)CC2)c1[N+](=O)[O-]. The first-order valence-electron chi connectivity index (χ1n) is 11.6. The van der Waals surface area contributed by atoms with Crippen LogP contribution in [0.2, 0.25) is 0 Å². The zero-order valence-electron chi connectivity index (χ0n) is 20.5. The van der Waals surface area contributed by atoms with E-state index in [0.29, 0.717) is 31.1 Å². The Balaban J connectivity index is 1.59. The van der Waals surface area contributed by atoms with Crippen molar-refractivity contribution in [1.29, 1.82) is 0 Å². The van der Waals surface area contributed by atoms with Gasteiger partial charge in [0, 0.05) is 25.2 Å². The van der Waals surface area contributed by atoms with Gasteiger partial charge in [-0.25, -0.2) is 9.78 Å². The smallest absolute Gasteiger partial charge is 0.410 e. The summed E-state index contributed by atoms with van der Waals surface area (Å²) in [4.78, 5) is 45.8. The molecule has 0 atom stereocenters. The Morgan fingerprint density at radius 1 is 1.17 bits per heavy atom. The molecule has 2 heterocycles. The van der Waals surface area contributed by atoms with Crippen LogP contribution in [-0.4, -0.2) is 57.0 Å². The zero-order chi connectivity index (χ0) is 25.6. The number of rotatable bonds is 7. The molecule has 35 heavy (non-hydrogen) atoms. The van der Waals surface area contributed by atoms with Crippen LogP contribution in [0.4, 0.5) is 22.2 Å². The van der Waals surface area contributed by atoms with Gasteiger partial charge in [0.2, 0.25) is 11.8 Å². The lowest BCUT2D eigenvalue weighted by Gasteiger charge is -2.33. The third-order valence-electron chi connectivity index (χ3n) is 5.61. The molecule has 2 aromatic rings. The molecule has 0 spiro atoms. The number of nitrogens with one attached hydrogen (secondary N) is 2.